The van der Waals surface area contributed by atoms with Gasteiger partial charge in [0.05, 0.1) is 12.2 Å². The van der Waals surface area contributed by atoms with Crippen molar-refractivity contribution in [3.05, 3.63) is 28.2 Å². The lowest BCUT2D eigenvalue weighted by atomic mass is 10.1. The maximum absolute atomic E-state index is 12.4. The molecule has 1 aromatic carbocycles. The Bertz CT molecular complexity index is 601. The topological polar surface area (TPSA) is 80.2 Å². The van der Waals surface area contributed by atoms with Crippen LogP contribution in [0.4, 0.5) is 0 Å². The Morgan fingerprint density at radius 3 is 2.58 bits per heavy atom. The summed E-state index contributed by atoms with van der Waals surface area (Å²) in [7, 11) is 1.49. The maximum atomic E-state index is 12.4. The molecule has 0 amide bonds. The van der Waals surface area contributed by atoms with Crippen LogP contribution >= 0.6 is 15.9 Å². The molecular weight excluding hydrogens is 398 g/mol. The smallest absolute Gasteiger partial charge is 0.362 e. The van der Waals surface area contributed by atoms with Gasteiger partial charge in [-0.05, 0) is 45.9 Å². The van der Waals surface area contributed by atoms with Crippen LogP contribution < -0.4 is 4.74 Å². The largest absolute Gasteiger partial charge is 0.591 e. The van der Waals surface area contributed by atoms with Crippen LogP contribution in [0.3, 0.4) is 0 Å². The molecule has 0 aromatic heterocycles. The van der Waals surface area contributed by atoms with E-state index in [1.54, 1.807) is 45.9 Å². The molecule has 0 aliphatic rings. The predicted octanol–water partition coefficient (Wildman–Crippen LogP) is 3.25. The van der Waals surface area contributed by atoms with E-state index in [4.69, 9.17) is 14.2 Å². The second-order valence-corrected chi connectivity index (χ2v) is 8.53. The number of nitrogens with zero attached hydrogens (tertiary/aromatic N) is 1. The average Bonchev–Trinajstić information content (AvgIpc) is 2.50. The van der Waals surface area contributed by atoms with E-state index in [0.717, 1.165) is 4.47 Å². The van der Waals surface area contributed by atoms with Crippen LogP contribution in [0.2, 0.25) is 0 Å². The molecular formula is C16H22BrNO5S. The van der Waals surface area contributed by atoms with Crippen molar-refractivity contribution in [1.29, 1.82) is 0 Å². The minimum absolute atomic E-state index is 0.00704. The zero-order chi connectivity index (χ0) is 18.3. The molecule has 0 bridgehead atoms. The SMILES string of the molecule is CCOC(=O)/C(=N/[S+]([O-])C(C)(C)C)c1cc(Br)ccc1OCOC. The molecule has 24 heavy (non-hydrogen) atoms. The highest BCUT2D eigenvalue weighted by Crippen LogP contribution is 2.27. The maximum Gasteiger partial charge on any atom is 0.362 e. The van der Waals surface area contributed by atoms with Crippen LogP contribution in [-0.4, -0.2) is 41.5 Å². The van der Waals surface area contributed by atoms with Crippen LogP contribution in [0.15, 0.2) is 27.1 Å². The fraction of sp³-hybridized carbons (Fsp3) is 0.500. The Labute approximate surface area is 154 Å². The standard InChI is InChI=1S/C16H22BrNO5S/c1-6-22-15(19)14(18-24(20)16(2,3)4)12-9-11(17)7-8-13(12)23-10-21-5/h7-9H,6,10H2,1-5H3/b18-14+. The Hall–Kier alpha value is -1.09. The monoisotopic (exact) mass is 419 g/mol. The summed E-state index contributed by atoms with van der Waals surface area (Å²) in [6.07, 6.45) is 0. The zero-order valence-electron chi connectivity index (χ0n) is 14.4. The van der Waals surface area contributed by atoms with Gasteiger partial charge in [-0.1, -0.05) is 20.3 Å². The third kappa shape index (κ3) is 6.08. The molecule has 0 spiro atoms. The van der Waals surface area contributed by atoms with Gasteiger partial charge in [0.25, 0.3) is 0 Å². The lowest BCUT2D eigenvalue weighted by molar-refractivity contribution is -0.134. The van der Waals surface area contributed by atoms with Crippen LogP contribution in [0.5, 0.6) is 5.75 Å². The van der Waals surface area contributed by atoms with E-state index in [1.807, 2.05) is 0 Å². The summed E-state index contributed by atoms with van der Waals surface area (Å²) in [4.78, 5) is 12.4. The normalized spacial score (nSPS) is 13.5. The second kappa shape index (κ2) is 9.41. The lowest BCUT2D eigenvalue weighted by Gasteiger charge is -2.19. The molecule has 8 heteroatoms. The fourth-order valence-corrected chi connectivity index (χ4v) is 2.52. The van der Waals surface area contributed by atoms with Gasteiger partial charge in [0.1, 0.15) is 21.9 Å². The number of ether oxygens (including phenoxy) is 3. The van der Waals surface area contributed by atoms with E-state index in [-0.39, 0.29) is 19.1 Å². The molecule has 0 N–H and O–H groups in total. The van der Waals surface area contributed by atoms with E-state index in [0.29, 0.717) is 11.3 Å². The molecule has 0 aliphatic carbocycles. The molecule has 0 heterocycles. The number of hydrogen-bond acceptors (Lipinski definition) is 6. The molecule has 0 aliphatic heterocycles. The van der Waals surface area contributed by atoms with Gasteiger partial charge in [-0.15, -0.1) is 0 Å². The van der Waals surface area contributed by atoms with Crippen molar-refractivity contribution >= 4 is 39.0 Å². The number of esters is 1. The molecule has 6 nitrogen and oxygen atoms in total. The first-order chi connectivity index (χ1) is 11.2. The first kappa shape index (κ1) is 21.0. The summed E-state index contributed by atoms with van der Waals surface area (Å²) < 4.78 is 32.1. The van der Waals surface area contributed by atoms with Gasteiger partial charge in [0.15, 0.2) is 6.79 Å². The zero-order valence-corrected chi connectivity index (χ0v) is 16.8. The van der Waals surface area contributed by atoms with E-state index in [9.17, 15) is 9.35 Å². The number of halogens is 1. The second-order valence-electron chi connectivity index (χ2n) is 5.71. The summed E-state index contributed by atoms with van der Waals surface area (Å²) in [5.74, 6) is -0.270. The number of methoxy groups -OCH3 is 1. The van der Waals surface area contributed by atoms with E-state index < -0.39 is 22.1 Å². The van der Waals surface area contributed by atoms with Gasteiger partial charge >= 0.3 is 5.97 Å². The molecule has 1 atom stereocenters. The lowest BCUT2D eigenvalue weighted by Crippen LogP contribution is -2.29. The first-order valence-corrected chi connectivity index (χ1v) is 9.20. The molecule has 1 unspecified atom stereocenters. The summed E-state index contributed by atoms with van der Waals surface area (Å²) in [6, 6.07) is 5.10. The van der Waals surface area contributed by atoms with Gasteiger partial charge in [-0.2, -0.15) is 0 Å². The Balaban J connectivity index is 3.41. The van der Waals surface area contributed by atoms with Crippen molar-refractivity contribution in [2.24, 2.45) is 4.40 Å². The van der Waals surface area contributed by atoms with Gasteiger partial charge < -0.3 is 18.8 Å². The molecule has 0 saturated heterocycles. The van der Waals surface area contributed by atoms with Gasteiger partial charge in [0.2, 0.25) is 5.71 Å². The third-order valence-corrected chi connectivity index (χ3v) is 4.59. The highest BCUT2D eigenvalue weighted by atomic mass is 79.9. The minimum Gasteiger partial charge on any atom is -0.591 e. The van der Waals surface area contributed by atoms with Gasteiger partial charge in [-0.25, -0.2) is 4.79 Å². The Morgan fingerprint density at radius 1 is 1.38 bits per heavy atom. The fourth-order valence-electron chi connectivity index (χ4n) is 1.55. The number of carbonyl (C=O) groups excluding carboxylic acids is 1. The van der Waals surface area contributed by atoms with Crippen LogP contribution in [-0.2, 0) is 25.6 Å². The number of carbonyl (C=O) groups is 1. The number of benzene rings is 1. The van der Waals surface area contributed by atoms with Crippen LogP contribution in [0.1, 0.15) is 33.3 Å². The molecule has 0 radical (unpaired) electrons. The highest BCUT2D eigenvalue weighted by molar-refractivity contribution is 9.10. The predicted molar refractivity (Wildman–Crippen MR) is 97.7 cm³/mol. The molecule has 1 aromatic rings. The molecule has 1 rings (SSSR count). The quantitative estimate of drug-likeness (QED) is 0.293. The van der Waals surface area contributed by atoms with E-state index in [2.05, 4.69) is 20.3 Å². The third-order valence-electron chi connectivity index (χ3n) is 2.70. The van der Waals surface area contributed by atoms with Crippen molar-refractivity contribution in [2.45, 2.75) is 32.4 Å². The minimum atomic E-state index is -1.63. The first-order valence-electron chi connectivity index (χ1n) is 7.30. The van der Waals surface area contributed by atoms with Gasteiger partial charge in [-0.3, -0.25) is 0 Å². The van der Waals surface area contributed by atoms with Crippen molar-refractivity contribution < 1.29 is 23.6 Å². The number of hydrogen-bond donors (Lipinski definition) is 0. The Morgan fingerprint density at radius 2 is 2.04 bits per heavy atom. The molecule has 0 fully saturated rings. The van der Waals surface area contributed by atoms with Crippen molar-refractivity contribution in [2.75, 3.05) is 20.5 Å². The Kier molecular flexibility index (Phi) is 8.21. The van der Waals surface area contributed by atoms with Crippen molar-refractivity contribution in [1.82, 2.24) is 0 Å². The molecule has 0 saturated carbocycles. The molecule has 134 valence electrons. The van der Waals surface area contributed by atoms with Crippen LogP contribution in [0, 0.1) is 0 Å². The van der Waals surface area contributed by atoms with Crippen LogP contribution in [0.25, 0.3) is 0 Å². The average molecular weight is 420 g/mol. The number of rotatable bonds is 7. The summed E-state index contributed by atoms with van der Waals surface area (Å²) in [6.45, 7) is 7.21. The summed E-state index contributed by atoms with van der Waals surface area (Å²) in [5.41, 5.74) is 0.343. The highest BCUT2D eigenvalue weighted by Gasteiger charge is 2.31. The van der Waals surface area contributed by atoms with Gasteiger partial charge in [0, 0.05) is 11.6 Å². The summed E-state index contributed by atoms with van der Waals surface area (Å²) in [5, 5.41) is 0. The van der Waals surface area contributed by atoms with E-state index in [1.165, 1.54) is 7.11 Å². The van der Waals surface area contributed by atoms with Crippen molar-refractivity contribution in [3.63, 3.8) is 0 Å². The summed E-state index contributed by atoms with van der Waals surface area (Å²) >= 11 is 1.73. The van der Waals surface area contributed by atoms with E-state index >= 15 is 0 Å². The van der Waals surface area contributed by atoms with Crippen molar-refractivity contribution in [3.8, 4) is 5.75 Å².